The van der Waals surface area contributed by atoms with Crippen LogP contribution in [0, 0.1) is 5.41 Å². The summed E-state index contributed by atoms with van der Waals surface area (Å²) < 4.78 is 5.85. The molecule has 2 aromatic rings. The summed E-state index contributed by atoms with van der Waals surface area (Å²) in [6.07, 6.45) is 11.1. The normalized spacial score (nSPS) is 21.2. The molecule has 4 heteroatoms. The quantitative estimate of drug-likeness (QED) is 0.746. The van der Waals surface area contributed by atoms with Crippen molar-refractivity contribution in [2.75, 3.05) is 26.3 Å². The second-order valence-corrected chi connectivity index (χ2v) is 6.82. The highest BCUT2D eigenvalue weighted by molar-refractivity contribution is 5.11. The predicted octanol–water partition coefficient (Wildman–Crippen LogP) is 3.34. The number of nitrogens with zero attached hydrogens (tertiary/aromatic N) is 3. The van der Waals surface area contributed by atoms with Crippen LogP contribution >= 0.6 is 0 Å². The van der Waals surface area contributed by atoms with Crippen molar-refractivity contribution >= 4 is 0 Å². The predicted molar refractivity (Wildman–Crippen MR) is 95.6 cm³/mol. The summed E-state index contributed by atoms with van der Waals surface area (Å²) in [5, 5.41) is 0. The number of ether oxygens (including phenoxy) is 1. The molecule has 0 radical (unpaired) electrons. The fourth-order valence-corrected chi connectivity index (χ4v) is 3.58. The van der Waals surface area contributed by atoms with Gasteiger partial charge < -0.3 is 4.74 Å². The number of rotatable bonds is 8. The van der Waals surface area contributed by atoms with Crippen LogP contribution in [0.3, 0.4) is 0 Å². The second-order valence-electron chi connectivity index (χ2n) is 6.82. The van der Waals surface area contributed by atoms with Crippen molar-refractivity contribution in [3.63, 3.8) is 0 Å². The average Bonchev–Trinajstić information content (AvgIpc) is 3.03. The zero-order valence-electron chi connectivity index (χ0n) is 14.5. The molecular formula is C20H27N3O. The van der Waals surface area contributed by atoms with Crippen LogP contribution in [0.25, 0.3) is 0 Å². The molecule has 1 atom stereocenters. The molecule has 0 unspecified atom stereocenters. The molecule has 1 saturated heterocycles. The van der Waals surface area contributed by atoms with Crippen molar-refractivity contribution < 1.29 is 4.74 Å². The van der Waals surface area contributed by atoms with Crippen LogP contribution in [0.5, 0.6) is 0 Å². The molecule has 4 nitrogen and oxygen atoms in total. The third-order valence-corrected chi connectivity index (χ3v) is 4.93. The molecule has 0 N–H and O–H groups in total. The van der Waals surface area contributed by atoms with Gasteiger partial charge in [0.25, 0.3) is 0 Å². The van der Waals surface area contributed by atoms with Crippen molar-refractivity contribution in [1.82, 2.24) is 14.9 Å². The molecule has 3 rings (SSSR count). The minimum atomic E-state index is 0.258. The number of hydrogen-bond acceptors (Lipinski definition) is 4. The van der Waals surface area contributed by atoms with Gasteiger partial charge in [0.05, 0.1) is 6.61 Å². The van der Waals surface area contributed by atoms with Gasteiger partial charge in [-0.25, -0.2) is 0 Å². The van der Waals surface area contributed by atoms with Crippen LogP contribution < -0.4 is 0 Å². The zero-order valence-corrected chi connectivity index (χ0v) is 14.5. The second kappa shape index (κ2) is 8.36. The lowest BCUT2D eigenvalue weighted by Gasteiger charge is -2.29. The van der Waals surface area contributed by atoms with E-state index in [0.29, 0.717) is 0 Å². The highest BCUT2D eigenvalue weighted by Crippen LogP contribution is 2.36. The van der Waals surface area contributed by atoms with Gasteiger partial charge in [-0.05, 0) is 56.0 Å². The van der Waals surface area contributed by atoms with E-state index in [9.17, 15) is 0 Å². The first-order valence-electron chi connectivity index (χ1n) is 8.88. The molecule has 0 spiro atoms. The highest BCUT2D eigenvalue weighted by atomic mass is 16.5. The van der Waals surface area contributed by atoms with E-state index in [0.717, 1.165) is 45.7 Å². The van der Waals surface area contributed by atoms with E-state index in [4.69, 9.17) is 4.74 Å². The van der Waals surface area contributed by atoms with E-state index < -0.39 is 0 Å². The Hall–Kier alpha value is -1.78. The Bertz CT molecular complexity index is 605. The van der Waals surface area contributed by atoms with Crippen LogP contribution in [0.15, 0.2) is 49.1 Å². The number of aromatic nitrogens is 2. The van der Waals surface area contributed by atoms with Gasteiger partial charge in [-0.2, -0.15) is 0 Å². The largest absolute Gasteiger partial charge is 0.381 e. The van der Waals surface area contributed by atoms with E-state index in [1.807, 2.05) is 36.9 Å². The summed E-state index contributed by atoms with van der Waals surface area (Å²) in [6, 6.07) is 8.37. The fourth-order valence-electron chi connectivity index (χ4n) is 3.58. The van der Waals surface area contributed by atoms with Crippen LogP contribution in [0.4, 0.5) is 0 Å². The standard InChI is InChI=1S/C20H27N3O/c1-2-24-17-20(8-7-18-5-3-10-21-13-18)9-12-23(16-20)15-19-6-4-11-22-14-19/h3-6,10-11,13-14H,2,7-9,12,15-17H2,1H3/t20-/m0/s1. The van der Waals surface area contributed by atoms with E-state index in [1.165, 1.54) is 17.5 Å². The van der Waals surface area contributed by atoms with Gasteiger partial charge in [0.1, 0.15) is 0 Å². The van der Waals surface area contributed by atoms with Crippen LogP contribution in [0.2, 0.25) is 0 Å². The minimum Gasteiger partial charge on any atom is -0.381 e. The maximum Gasteiger partial charge on any atom is 0.0535 e. The van der Waals surface area contributed by atoms with E-state index in [1.54, 1.807) is 0 Å². The molecule has 1 aliphatic heterocycles. The first kappa shape index (κ1) is 17.1. The van der Waals surface area contributed by atoms with Gasteiger partial charge in [-0.1, -0.05) is 12.1 Å². The Morgan fingerprint density at radius 3 is 2.54 bits per heavy atom. The molecule has 24 heavy (non-hydrogen) atoms. The monoisotopic (exact) mass is 325 g/mol. The number of likely N-dealkylation sites (tertiary alicyclic amines) is 1. The van der Waals surface area contributed by atoms with Gasteiger partial charge in [0.15, 0.2) is 0 Å². The first-order chi connectivity index (χ1) is 11.8. The minimum absolute atomic E-state index is 0.258. The molecule has 0 bridgehead atoms. The third kappa shape index (κ3) is 4.62. The maximum atomic E-state index is 5.85. The first-order valence-corrected chi connectivity index (χ1v) is 8.88. The molecular weight excluding hydrogens is 298 g/mol. The summed E-state index contributed by atoms with van der Waals surface area (Å²) in [6.45, 7) is 6.94. The fraction of sp³-hybridized carbons (Fsp3) is 0.500. The molecule has 3 heterocycles. The Morgan fingerprint density at radius 2 is 1.88 bits per heavy atom. The topological polar surface area (TPSA) is 38.2 Å². The zero-order chi connectivity index (χ0) is 16.7. The van der Waals surface area contributed by atoms with Crippen molar-refractivity contribution in [3.8, 4) is 0 Å². The molecule has 0 amide bonds. The van der Waals surface area contributed by atoms with E-state index >= 15 is 0 Å². The maximum absolute atomic E-state index is 5.85. The van der Waals surface area contributed by atoms with Gasteiger partial charge in [0.2, 0.25) is 0 Å². The van der Waals surface area contributed by atoms with Crippen molar-refractivity contribution in [2.45, 2.75) is 32.7 Å². The van der Waals surface area contributed by atoms with Crippen molar-refractivity contribution in [1.29, 1.82) is 0 Å². The van der Waals surface area contributed by atoms with Crippen LogP contribution in [-0.2, 0) is 17.7 Å². The van der Waals surface area contributed by atoms with Crippen molar-refractivity contribution in [3.05, 3.63) is 60.2 Å². The van der Waals surface area contributed by atoms with E-state index in [2.05, 4.69) is 33.9 Å². The Morgan fingerprint density at radius 1 is 1.12 bits per heavy atom. The van der Waals surface area contributed by atoms with Crippen LogP contribution in [0.1, 0.15) is 30.9 Å². The Labute approximate surface area is 144 Å². The number of hydrogen-bond donors (Lipinski definition) is 0. The lowest BCUT2D eigenvalue weighted by atomic mass is 9.82. The highest BCUT2D eigenvalue weighted by Gasteiger charge is 2.37. The van der Waals surface area contributed by atoms with Gasteiger partial charge in [0, 0.05) is 49.9 Å². The summed E-state index contributed by atoms with van der Waals surface area (Å²) in [4.78, 5) is 11.0. The summed E-state index contributed by atoms with van der Waals surface area (Å²) in [5.74, 6) is 0. The molecule has 2 aromatic heterocycles. The van der Waals surface area contributed by atoms with Crippen LogP contribution in [-0.4, -0.2) is 41.2 Å². The number of aryl methyl sites for hydroxylation is 1. The SMILES string of the molecule is CCOC[C@@]1(CCc2cccnc2)CCN(Cc2cccnc2)C1. The Balaban J connectivity index is 1.61. The molecule has 128 valence electrons. The lowest BCUT2D eigenvalue weighted by Crippen LogP contribution is -2.32. The Kier molecular flexibility index (Phi) is 5.94. The molecule has 1 aliphatic rings. The third-order valence-electron chi connectivity index (χ3n) is 4.93. The van der Waals surface area contributed by atoms with Gasteiger partial charge in [-0.3, -0.25) is 14.9 Å². The molecule has 0 saturated carbocycles. The smallest absolute Gasteiger partial charge is 0.0535 e. The van der Waals surface area contributed by atoms with Crippen molar-refractivity contribution in [2.24, 2.45) is 5.41 Å². The average molecular weight is 325 g/mol. The molecule has 0 aliphatic carbocycles. The summed E-state index contributed by atoms with van der Waals surface area (Å²) in [5.41, 5.74) is 2.87. The van der Waals surface area contributed by atoms with Gasteiger partial charge >= 0.3 is 0 Å². The summed E-state index contributed by atoms with van der Waals surface area (Å²) >= 11 is 0. The van der Waals surface area contributed by atoms with E-state index in [-0.39, 0.29) is 5.41 Å². The summed E-state index contributed by atoms with van der Waals surface area (Å²) in [7, 11) is 0. The molecule has 1 fully saturated rings. The number of pyridine rings is 2. The lowest BCUT2D eigenvalue weighted by molar-refractivity contribution is 0.0489. The van der Waals surface area contributed by atoms with Gasteiger partial charge in [-0.15, -0.1) is 0 Å². The molecule has 0 aromatic carbocycles.